The van der Waals surface area contributed by atoms with Crippen molar-refractivity contribution in [2.24, 2.45) is 5.92 Å². The smallest absolute Gasteiger partial charge is 0.145 e. The molecule has 0 heterocycles. The third-order valence-electron chi connectivity index (χ3n) is 3.25. The normalized spacial score (nSPS) is 17.1. The Morgan fingerprint density at radius 1 is 1.29 bits per heavy atom. The summed E-state index contributed by atoms with van der Waals surface area (Å²) in [6.45, 7) is 0.657. The summed E-state index contributed by atoms with van der Waals surface area (Å²) in [6.07, 6.45) is 6.32. The molecule has 0 saturated heterocycles. The zero-order valence-corrected chi connectivity index (χ0v) is 11.9. The molecule has 1 aromatic carbocycles. The van der Waals surface area contributed by atoms with E-state index in [9.17, 15) is 4.39 Å². The summed E-state index contributed by atoms with van der Waals surface area (Å²) in [7, 11) is 0. The van der Waals surface area contributed by atoms with Gasteiger partial charge in [0.2, 0.25) is 0 Å². The monoisotopic (exact) mass is 349 g/mol. The molecule has 1 aliphatic rings. The number of anilines is 1. The molecule has 2 nitrogen and oxygen atoms in total. The van der Waals surface area contributed by atoms with Gasteiger partial charge >= 0.3 is 0 Å². The van der Waals surface area contributed by atoms with E-state index in [1.807, 2.05) is 22.6 Å². The summed E-state index contributed by atoms with van der Waals surface area (Å²) in [5, 5.41) is 0. The van der Waals surface area contributed by atoms with E-state index in [1.165, 1.54) is 38.2 Å². The van der Waals surface area contributed by atoms with Crippen LogP contribution in [-0.2, 0) is 0 Å². The van der Waals surface area contributed by atoms with Crippen LogP contribution in [0.2, 0.25) is 0 Å². The average Bonchev–Trinajstić information content (AvgIpc) is 2.33. The fraction of sp³-hybridized carbons (Fsp3) is 0.538. The van der Waals surface area contributed by atoms with Gasteiger partial charge < -0.3 is 10.5 Å². The van der Waals surface area contributed by atoms with Crippen LogP contribution in [0, 0.1) is 15.3 Å². The van der Waals surface area contributed by atoms with E-state index in [0.29, 0.717) is 27.5 Å². The maximum atomic E-state index is 13.4. The van der Waals surface area contributed by atoms with Gasteiger partial charge in [0.25, 0.3) is 0 Å². The van der Waals surface area contributed by atoms with Gasteiger partial charge in [0.1, 0.15) is 11.6 Å². The zero-order chi connectivity index (χ0) is 12.3. The van der Waals surface area contributed by atoms with Gasteiger partial charge in [0.15, 0.2) is 0 Å². The molecule has 0 aromatic heterocycles. The minimum absolute atomic E-state index is 0.265. The van der Waals surface area contributed by atoms with Gasteiger partial charge in [-0.3, -0.25) is 0 Å². The first kappa shape index (κ1) is 12.9. The SMILES string of the molecule is Nc1cc(I)c(F)cc1OCC1CCCCC1. The molecule has 0 unspecified atom stereocenters. The van der Waals surface area contributed by atoms with E-state index in [2.05, 4.69) is 0 Å². The maximum Gasteiger partial charge on any atom is 0.145 e. The minimum atomic E-state index is -0.265. The molecule has 1 fully saturated rings. The van der Waals surface area contributed by atoms with Crippen molar-refractivity contribution >= 4 is 28.3 Å². The minimum Gasteiger partial charge on any atom is -0.491 e. The van der Waals surface area contributed by atoms with Crippen LogP contribution < -0.4 is 10.5 Å². The first-order chi connectivity index (χ1) is 8.16. The Labute approximate surface area is 115 Å². The van der Waals surface area contributed by atoms with Crippen LogP contribution in [0.4, 0.5) is 10.1 Å². The summed E-state index contributed by atoms with van der Waals surface area (Å²) in [6, 6.07) is 3.01. The average molecular weight is 349 g/mol. The topological polar surface area (TPSA) is 35.2 Å². The second-order valence-corrected chi connectivity index (χ2v) is 5.78. The van der Waals surface area contributed by atoms with Crippen molar-refractivity contribution in [3.63, 3.8) is 0 Å². The number of ether oxygens (including phenoxy) is 1. The molecule has 94 valence electrons. The molecule has 1 saturated carbocycles. The van der Waals surface area contributed by atoms with Gasteiger partial charge in [0, 0.05) is 6.07 Å². The second kappa shape index (κ2) is 5.89. The Bertz CT molecular complexity index is 391. The van der Waals surface area contributed by atoms with E-state index in [0.717, 1.165) is 0 Å². The predicted octanol–water partition coefficient (Wildman–Crippen LogP) is 3.97. The van der Waals surface area contributed by atoms with Crippen molar-refractivity contribution in [2.45, 2.75) is 32.1 Å². The molecule has 1 aliphatic carbocycles. The van der Waals surface area contributed by atoms with E-state index >= 15 is 0 Å². The zero-order valence-electron chi connectivity index (χ0n) is 9.72. The van der Waals surface area contributed by atoms with Crippen molar-refractivity contribution in [3.8, 4) is 5.75 Å². The van der Waals surface area contributed by atoms with Crippen molar-refractivity contribution in [1.82, 2.24) is 0 Å². The number of nitrogen functional groups attached to an aromatic ring is 1. The summed E-state index contributed by atoms with van der Waals surface area (Å²) in [5.41, 5.74) is 6.33. The highest BCUT2D eigenvalue weighted by Gasteiger charge is 2.15. The van der Waals surface area contributed by atoms with E-state index in [-0.39, 0.29) is 5.82 Å². The van der Waals surface area contributed by atoms with E-state index < -0.39 is 0 Å². The standard InChI is InChI=1S/C13H17FINO/c14-10-6-13(12(16)7-11(10)15)17-8-9-4-2-1-3-5-9/h6-7,9H,1-5,8,16H2. The molecule has 0 aliphatic heterocycles. The van der Waals surface area contributed by atoms with Crippen LogP contribution >= 0.6 is 22.6 Å². The highest BCUT2D eigenvalue weighted by molar-refractivity contribution is 14.1. The molecule has 0 amide bonds. The molecule has 0 spiro atoms. The lowest BCUT2D eigenvalue weighted by Crippen LogP contribution is -2.15. The summed E-state index contributed by atoms with van der Waals surface area (Å²) < 4.78 is 19.6. The van der Waals surface area contributed by atoms with E-state index in [4.69, 9.17) is 10.5 Å². The number of nitrogens with two attached hydrogens (primary N) is 1. The molecule has 0 bridgehead atoms. The van der Waals surface area contributed by atoms with Crippen LogP contribution in [0.5, 0.6) is 5.75 Å². The Hall–Kier alpha value is -0.520. The number of hydrogen-bond acceptors (Lipinski definition) is 2. The van der Waals surface area contributed by atoms with Crippen LogP contribution in [0.3, 0.4) is 0 Å². The largest absolute Gasteiger partial charge is 0.491 e. The van der Waals surface area contributed by atoms with E-state index in [1.54, 1.807) is 6.07 Å². The molecule has 0 atom stereocenters. The Kier molecular flexibility index (Phi) is 4.48. The third kappa shape index (κ3) is 3.47. The first-order valence-corrected chi connectivity index (χ1v) is 7.12. The van der Waals surface area contributed by atoms with Crippen LogP contribution in [0.25, 0.3) is 0 Å². The van der Waals surface area contributed by atoms with Crippen LogP contribution in [-0.4, -0.2) is 6.61 Å². The molecule has 0 radical (unpaired) electrons. The lowest BCUT2D eigenvalue weighted by atomic mass is 9.90. The van der Waals surface area contributed by atoms with Gasteiger partial charge in [-0.15, -0.1) is 0 Å². The molecule has 17 heavy (non-hydrogen) atoms. The van der Waals surface area contributed by atoms with Gasteiger partial charge in [-0.1, -0.05) is 19.3 Å². The van der Waals surface area contributed by atoms with Crippen molar-refractivity contribution in [3.05, 3.63) is 21.5 Å². The highest BCUT2D eigenvalue weighted by atomic mass is 127. The molecular formula is C13H17FINO. The quantitative estimate of drug-likeness (QED) is 0.662. The highest BCUT2D eigenvalue weighted by Crippen LogP contribution is 2.29. The summed E-state index contributed by atoms with van der Waals surface area (Å²) in [5.74, 6) is 0.817. The predicted molar refractivity (Wildman–Crippen MR) is 75.6 cm³/mol. The molecule has 2 N–H and O–H groups in total. The number of hydrogen-bond donors (Lipinski definition) is 1. The van der Waals surface area contributed by atoms with Gasteiger partial charge in [-0.05, 0) is 47.4 Å². The molecule has 2 rings (SSSR count). The Morgan fingerprint density at radius 3 is 2.71 bits per heavy atom. The Morgan fingerprint density at radius 2 is 2.00 bits per heavy atom. The number of benzene rings is 1. The molecular weight excluding hydrogens is 332 g/mol. The van der Waals surface area contributed by atoms with Crippen molar-refractivity contribution < 1.29 is 9.13 Å². The Balaban J connectivity index is 1.96. The third-order valence-corrected chi connectivity index (χ3v) is 4.08. The number of halogens is 2. The van der Waals surface area contributed by atoms with Crippen LogP contribution in [0.15, 0.2) is 12.1 Å². The molecule has 4 heteroatoms. The van der Waals surface area contributed by atoms with Gasteiger partial charge in [0.05, 0.1) is 15.9 Å². The molecule has 1 aromatic rings. The summed E-state index contributed by atoms with van der Waals surface area (Å²) in [4.78, 5) is 0. The summed E-state index contributed by atoms with van der Waals surface area (Å²) >= 11 is 1.93. The first-order valence-electron chi connectivity index (χ1n) is 6.04. The van der Waals surface area contributed by atoms with Crippen LogP contribution in [0.1, 0.15) is 32.1 Å². The fourth-order valence-corrected chi connectivity index (χ4v) is 2.72. The van der Waals surface area contributed by atoms with Gasteiger partial charge in [-0.25, -0.2) is 4.39 Å². The lowest BCUT2D eigenvalue weighted by Gasteiger charge is -2.22. The number of rotatable bonds is 3. The maximum absolute atomic E-state index is 13.4. The fourth-order valence-electron chi connectivity index (χ4n) is 2.23. The lowest BCUT2D eigenvalue weighted by molar-refractivity contribution is 0.209. The van der Waals surface area contributed by atoms with Crippen molar-refractivity contribution in [2.75, 3.05) is 12.3 Å². The second-order valence-electron chi connectivity index (χ2n) is 4.62. The van der Waals surface area contributed by atoms with Crippen molar-refractivity contribution in [1.29, 1.82) is 0 Å². The van der Waals surface area contributed by atoms with Gasteiger partial charge in [-0.2, -0.15) is 0 Å².